The zero-order chi connectivity index (χ0) is 34.8. The third-order valence-corrected chi connectivity index (χ3v) is 6.95. The fraction of sp³-hybridized carbons (Fsp3) is 0.389. The van der Waals surface area contributed by atoms with E-state index >= 15 is 0 Å². The van der Waals surface area contributed by atoms with Gasteiger partial charge in [-0.2, -0.15) is 0 Å². The number of methoxy groups -OCH3 is 1. The van der Waals surface area contributed by atoms with Gasteiger partial charge in [0.15, 0.2) is 5.76 Å². The Hall–Kier alpha value is -4.57. The highest BCUT2D eigenvalue weighted by Crippen LogP contribution is 2.20. The molecule has 0 saturated heterocycles. The second-order valence-corrected chi connectivity index (χ2v) is 12.5. The standard InChI is InChI=1S/C36H46ClN3O7/c1-25(18-20-29-22-23-30(45-6)34(43)46-29)13-10-11-17-31(41)40-32(36(3,4)5)33(42)38-24-12-16-28(21-19-26(2)37)47-35(44)39-27-14-8-7-9-15-27/h7-15,17-19,23-24,28-29,32H,16,20-22H2,1-6H3,(H,38,42)(H,39,44)(H,40,41)/b13-10-,17-11-,24-12-,25-18+,26-19+/t28-,29?,32?/m1/s1. The number of allylic oxidation sites excluding steroid dienone is 5. The van der Waals surface area contributed by atoms with Crippen LogP contribution in [0.1, 0.15) is 60.3 Å². The Morgan fingerprint density at radius 1 is 1.06 bits per heavy atom. The van der Waals surface area contributed by atoms with E-state index in [9.17, 15) is 19.2 Å². The molecule has 3 atom stereocenters. The van der Waals surface area contributed by atoms with Gasteiger partial charge < -0.3 is 24.8 Å². The summed E-state index contributed by atoms with van der Waals surface area (Å²) in [6.45, 7) is 9.20. The van der Waals surface area contributed by atoms with Gasteiger partial charge in [0.2, 0.25) is 11.8 Å². The minimum Gasteiger partial charge on any atom is -0.490 e. The molecule has 2 rings (SSSR count). The minimum absolute atomic E-state index is 0.223. The number of para-hydroxylation sites is 1. The number of anilines is 1. The number of hydrogen-bond acceptors (Lipinski definition) is 7. The minimum atomic E-state index is -0.827. The monoisotopic (exact) mass is 667 g/mol. The number of hydrogen-bond donors (Lipinski definition) is 3. The van der Waals surface area contributed by atoms with Gasteiger partial charge >= 0.3 is 12.1 Å². The summed E-state index contributed by atoms with van der Waals surface area (Å²) in [6, 6.07) is 8.12. The molecule has 1 aliphatic rings. The predicted octanol–water partition coefficient (Wildman–Crippen LogP) is 6.98. The lowest BCUT2D eigenvalue weighted by Gasteiger charge is -2.29. The topological polar surface area (TPSA) is 132 Å². The Morgan fingerprint density at radius 2 is 1.77 bits per heavy atom. The number of cyclic esters (lactones) is 1. The van der Waals surface area contributed by atoms with Gasteiger partial charge in [-0.15, -0.1) is 0 Å². The van der Waals surface area contributed by atoms with Crippen molar-refractivity contribution in [3.8, 4) is 0 Å². The first-order valence-electron chi connectivity index (χ1n) is 15.4. The van der Waals surface area contributed by atoms with Gasteiger partial charge in [0.25, 0.3) is 0 Å². The van der Waals surface area contributed by atoms with E-state index in [0.29, 0.717) is 36.4 Å². The molecule has 1 aromatic carbocycles. The van der Waals surface area contributed by atoms with Crippen molar-refractivity contribution in [2.24, 2.45) is 5.41 Å². The van der Waals surface area contributed by atoms with E-state index in [2.05, 4.69) is 16.0 Å². The molecule has 0 saturated carbocycles. The summed E-state index contributed by atoms with van der Waals surface area (Å²) in [5.41, 5.74) is 0.961. The van der Waals surface area contributed by atoms with Crippen LogP contribution in [0.15, 0.2) is 102 Å². The number of ether oxygens (including phenoxy) is 3. The van der Waals surface area contributed by atoms with E-state index in [4.69, 9.17) is 25.8 Å². The first-order chi connectivity index (χ1) is 22.3. The van der Waals surface area contributed by atoms with E-state index in [-0.39, 0.29) is 11.9 Å². The molecule has 11 heteroatoms. The molecule has 254 valence electrons. The Kier molecular flexibility index (Phi) is 16.3. The highest BCUT2D eigenvalue weighted by atomic mass is 35.5. The highest BCUT2D eigenvalue weighted by molar-refractivity contribution is 6.29. The molecule has 2 unspecified atom stereocenters. The number of amides is 3. The first kappa shape index (κ1) is 38.6. The molecule has 10 nitrogen and oxygen atoms in total. The van der Waals surface area contributed by atoms with E-state index in [1.807, 2.05) is 45.9 Å². The molecule has 3 N–H and O–H groups in total. The van der Waals surface area contributed by atoms with Crippen LogP contribution in [0.25, 0.3) is 0 Å². The lowest BCUT2D eigenvalue weighted by molar-refractivity contribution is -0.149. The second-order valence-electron chi connectivity index (χ2n) is 11.9. The molecule has 0 aliphatic carbocycles. The van der Waals surface area contributed by atoms with Crippen LogP contribution in [0, 0.1) is 5.41 Å². The molecular formula is C36H46ClN3O7. The molecule has 0 radical (unpaired) electrons. The Morgan fingerprint density at radius 3 is 2.40 bits per heavy atom. The quantitative estimate of drug-likeness (QED) is 0.104. The van der Waals surface area contributed by atoms with Gasteiger partial charge in [0, 0.05) is 42.5 Å². The summed E-state index contributed by atoms with van der Waals surface area (Å²) >= 11 is 5.98. The zero-order valence-corrected chi connectivity index (χ0v) is 28.6. The van der Waals surface area contributed by atoms with Crippen molar-refractivity contribution in [2.45, 2.75) is 78.6 Å². The smallest absolute Gasteiger partial charge is 0.411 e. The molecule has 3 amide bonds. The summed E-state index contributed by atoms with van der Waals surface area (Å²) in [6.07, 6.45) is 15.5. The van der Waals surface area contributed by atoms with E-state index in [1.54, 1.807) is 61.6 Å². The maximum atomic E-state index is 13.1. The van der Waals surface area contributed by atoms with Crippen LogP contribution in [0.3, 0.4) is 0 Å². The fourth-order valence-corrected chi connectivity index (χ4v) is 4.33. The Balaban J connectivity index is 1.89. The maximum absolute atomic E-state index is 13.1. The molecular weight excluding hydrogens is 622 g/mol. The Bertz CT molecular complexity index is 1400. The summed E-state index contributed by atoms with van der Waals surface area (Å²) < 4.78 is 15.9. The van der Waals surface area contributed by atoms with E-state index in [1.165, 1.54) is 19.4 Å². The number of halogens is 1. The largest absolute Gasteiger partial charge is 0.490 e. The molecule has 1 aromatic rings. The van der Waals surface area contributed by atoms with Crippen molar-refractivity contribution in [3.05, 3.63) is 102 Å². The van der Waals surface area contributed by atoms with Gasteiger partial charge in [-0.3, -0.25) is 14.9 Å². The van der Waals surface area contributed by atoms with Crippen molar-refractivity contribution < 1.29 is 33.4 Å². The fourth-order valence-electron chi connectivity index (χ4n) is 4.24. The molecule has 0 bridgehead atoms. The number of rotatable bonds is 15. The second kappa shape index (κ2) is 19.8. The van der Waals surface area contributed by atoms with Gasteiger partial charge in [-0.05, 0) is 43.7 Å². The van der Waals surface area contributed by atoms with Gasteiger partial charge in [-0.1, -0.05) is 92.6 Å². The van der Waals surface area contributed by atoms with Crippen LogP contribution >= 0.6 is 11.6 Å². The third kappa shape index (κ3) is 15.5. The number of esters is 1. The van der Waals surface area contributed by atoms with Crippen molar-refractivity contribution in [3.63, 3.8) is 0 Å². The van der Waals surface area contributed by atoms with Crippen molar-refractivity contribution in [1.82, 2.24) is 10.6 Å². The number of nitrogens with one attached hydrogen (secondary N) is 3. The van der Waals surface area contributed by atoms with Crippen LogP contribution in [0.2, 0.25) is 0 Å². The van der Waals surface area contributed by atoms with Crippen LogP contribution in [0.5, 0.6) is 0 Å². The average Bonchev–Trinajstić information content (AvgIpc) is 3.01. The maximum Gasteiger partial charge on any atom is 0.411 e. The van der Waals surface area contributed by atoms with Gasteiger partial charge in [0.1, 0.15) is 18.2 Å². The van der Waals surface area contributed by atoms with Crippen molar-refractivity contribution in [1.29, 1.82) is 0 Å². The average molecular weight is 668 g/mol. The number of carbonyl (C=O) groups is 4. The molecule has 0 fully saturated rings. The van der Waals surface area contributed by atoms with Gasteiger partial charge in [0.05, 0.1) is 7.11 Å². The van der Waals surface area contributed by atoms with Crippen LogP contribution in [0.4, 0.5) is 10.5 Å². The number of benzene rings is 1. The number of carbonyl (C=O) groups excluding carboxylic acids is 4. The predicted molar refractivity (Wildman–Crippen MR) is 184 cm³/mol. The summed E-state index contributed by atoms with van der Waals surface area (Å²) in [4.78, 5) is 49.9. The molecule has 1 heterocycles. The normalized spacial score (nSPS) is 17.2. The van der Waals surface area contributed by atoms with Crippen molar-refractivity contribution >= 4 is 41.2 Å². The first-order valence-corrected chi connectivity index (χ1v) is 15.7. The van der Waals surface area contributed by atoms with Crippen LogP contribution < -0.4 is 16.0 Å². The highest BCUT2D eigenvalue weighted by Gasteiger charge is 2.32. The Labute approximate surface area is 282 Å². The van der Waals surface area contributed by atoms with E-state index < -0.39 is 41.4 Å². The third-order valence-electron chi connectivity index (χ3n) is 6.79. The molecule has 0 spiro atoms. The lowest BCUT2D eigenvalue weighted by atomic mass is 9.86. The molecule has 1 aliphatic heterocycles. The van der Waals surface area contributed by atoms with Crippen molar-refractivity contribution in [2.75, 3.05) is 12.4 Å². The summed E-state index contributed by atoms with van der Waals surface area (Å²) in [5.74, 6) is -1.06. The zero-order valence-electron chi connectivity index (χ0n) is 27.9. The summed E-state index contributed by atoms with van der Waals surface area (Å²) in [5, 5.41) is 8.75. The molecule has 0 aromatic heterocycles. The van der Waals surface area contributed by atoms with E-state index in [0.717, 1.165) is 5.57 Å². The SMILES string of the molecule is COC1=CCC(C/C=C(C)/C=C\C=C/C(=O)NC(C(=O)N/C=C\C[C@H](C/C=C(\C)Cl)OC(=O)Nc2ccccc2)C(C)(C)C)OC1=O. The molecule has 47 heavy (non-hydrogen) atoms. The van der Waals surface area contributed by atoms with Gasteiger partial charge in [-0.25, -0.2) is 9.59 Å². The lowest BCUT2D eigenvalue weighted by Crippen LogP contribution is -2.52. The van der Waals surface area contributed by atoms with Crippen LogP contribution in [-0.4, -0.2) is 49.2 Å². The van der Waals surface area contributed by atoms with Crippen LogP contribution in [-0.2, 0) is 28.6 Å². The summed E-state index contributed by atoms with van der Waals surface area (Å²) in [7, 11) is 1.43.